The van der Waals surface area contributed by atoms with Crippen LogP contribution in [0.2, 0.25) is 5.02 Å². The molecule has 0 radical (unpaired) electrons. The number of anilines is 1. The topological polar surface area (TPSA) is 84.2 Å². The van der Waals surface area contributed by atoms with Crippen LogP contribution in [0.25, 0.3) is 0 Å². The van der Waals surface area contributed by atoms with Crippen LogP contribution in [0.15, 0.2) is 53.4 Å². The number of amides is 3. The number of halogens is 1. The van der Waals surface area contributed by atoms with Crippen molar-refractivity contribution in [2.45, 2.75) is 17.9 Å². The summed E-state index contributed by atoms with van der Waals surface area (Å²) < 4.78 is 0. The number of nitrogens with one attached hydrogen (secondary N) is 2. The van der Waals surface area contributed by atoms with Crippen molar-refractivity contribution in [1.29, 1.82) is 0 Å². The number of hydrogen-bond donors (Lipinski definition) is 3. The summed E-state index contributed by atoms with van der Waals surface area (Å²) in [6.45, 7) is 1.90. The molecule has 0 heterocycles. The lowest BCUT2D eigenvalue weighted by Gasteiger charge is -2.15. The van der Waals surface area contributed by atoms with E-state index in [4.69, 9.17) is 17.3 Å². The summed E-state index contributed by atoms with van der Waals surface area (Å²) in [5, 5.41) is 6.06. The first-order valence-corrected chi connectivity index (χ1v) is 8.65. The number of benzene rings is 2. The van der Waals surface area contributed by atoms with E-state index in [0.717, 1.165) is 10.5 Å². The van der Waals surface area contributed by atoms with E-state index in [-0.39, 0.29) is 17.7 Å². The molecule has 24 heavy (non-hydrogen) atoms. The third kappa shape index (κ3) is 5.47. The van der Waals surface area contributed by atoms with E-state index in [1.165, 1.54) is 11.8 Å². The average Bonchev–Trinajstić information content (AvgIpc) is 2.54. The molecule has 0 fully saturated rings. The van der Waals surface area contributed by atoms with Gasteiger partial charge in [0.2, 0.25) is 5.91 Å². The molecule has 5 nitrogen and oxygen atoms in total. The molecule has 2 aromatic carbocycles. The quantitative estimate of drug-likeness (QED) is 0.682. The highest BCUT2D eigenvalue weighted by Gasteiger charge is 2.11. The van der Waals surface area contributed by atoms with Gasteiger partial charge in [0.05, 0.1) is 16.8 Å². The van der Waals surface area contributed by atoms with E-state index >= 15 is 0 Å². The molecule has 7 heteroatoms. The normalized spacial score (nSPS) is 11.6. The molecule has 0 spiro atoms. The van der Waals surface area contributed by atoms with Gasteiger partial charge in [0.25, 0.3) is 0 Å². The molecule has 4 N–H and O–H groups in total. The van der Waals surface area contributed by atoms with Crippen LogP contribution < -0.4 is 16.4 Å². The first-order chi connectivity index (χ1) is 11.5. The molecular formula is C17H18ClN3O2S. The number of hydrogen-bond acceptors (Lipinski definition) is 3. The van der Waals surface area contributed by atoms with E-state index in [2.05, 4.69) is 10.6 Å². The Hall–Kier alpha value is -2.18. The number of carbonyl (C=O) groups is 2. The minimum absolute atomic E-state index is 0.0771. The molecular weight excluding hydrogens is 346 g/mol. The minimum atomic E-state index is -0.610. The van der Waals surface area contributed by atoms with Crippen LogP contribution in [0, 0.1) is 0 Å². The fourth-order valence-electron chi connectivity index (χ4n) is 2.07. The van der Waals surface area contributed by atoms with Gasteiger partial charge in [0.1, 0.15) is 0 Å². The van der Waals surface area contributed by atoms with Crippen molar-refractivity contribution in [3.8, 4) is 0 Å². The summed E-state index contributed by atoms with van der Waals surface area (Å²) in [5.41, 5.74) is 6.60. The summed E-state index contributed by atoms with van der Waals surface area (Å²) in [4.78, 5) is 23.7. The zero-order valence-corrected chi connectivity index (χ0v) is 14.7. The van der Waals surface area contributed by atoms with Crippen molar-refractivity contribution in [1.82, 2.24) is 5.32 Å². The highest BCUT2D eigenvalue weighted by atomic mass is 35.5. The van der Waals surface area contributed by atoms with Crippen LogP contribution in [0.5, 0.6) is 0 Å². The van der Waals surface area contributed by atoms with Crippen LogP contribution in [0.4, 0.5) is 10.5 Å². The highest BCUT2D eigenvalue weighted by Crippen LogP contribution is 2.26. The standard InChI is InChI=1S/C17H18ClN3O2S/c1-11(12-6-8-13(9-7-12)21-17(19)23)20-16(22)10-24-15-5-3-2-4-14(15)18/h2-9,11H,10H2,1H3,(H,20,22)(H3,19,21,23). The smallest absolute Gasteiger partial charge is 0.316 e. The summed E-state index contributed by atoms with van der Waals surface area (Å²) in [5.74, 6) is 0.210. The van der Waals surface area contributed by atoms with Gasteiger partial charge in [-0.1, -0.05) is 35.9 Å². The lowest BCUT2D eigenvalue weighted by molar-refractivity contribution is -0.119. The second kappa shape index (κ2) is 8.61. The Morgan fingerprint density at radius 1 is 1.17 bits per heavy atom. The SMILES string of the molecule is CC(NC(=O)CSc1ccccc1Cl)c1ccc(NC(N)=O)cc1. The molecule has 2 aromatic rings. The Labute approximate surface area is 150 Å². The van der Waals surface area contributed by atoms with E-state index < -0.39 is 6.03 Å². The summed E-state index contributed by atoms with van der Waals surface area (Å²) in [6.07, 6.45) is 0. The van der Waals surface area contributed by atoms with Crippen molar-refractivity contribution in [3.05, 3.63) is 59.1 Å². The second-order valence-corrected chi connectivity index (χ2v) is 6.54. The number of thioether (sulfide) groups is 1. The molecule has 1 unspecified atom stereocenters. The monoisotopic (exact) mass is 363 g/mol. The number of carbonyl (C=O) groups excluding carboxylic acids is 2. The number of primary amides is 1. The lowest BCUT2D eigenvalue weighted by Crippen LogP contribution is -2.28. The van der Waals surface area contributed by atoms with Crippen molar-refractivity contribution in [2.75, 3.05) is 11.1 Å². The fraction of sp³-hybridized carbons (Fsp3) is 0.176. The van der Waals surface area contributed by atoms with E-state index in [0.29, 0.717) is 10.7 Å². The molecule has 3 amide bonds. The summed E-state index contributed by atoms with van der Waals surface area (Å²) in [7, 11) is 0. The first kappa shape index (κ1) is 18.2. The maximum absolute atomic E-state index is 12.1. The molecule has 0 aliphatic carbocycles. The molecule has 126 valence electrons. The predicted molar refractivity (Wildman–Crippen MR) is 98.4 cm³/mol. The molecule has 0 saturated carbocycles. The van der Waals surface area contributed by atoms with Crippen LogP contribution in [-0.2, 0) is 4.79 Å². The van der Waals surface area contributed by atoms with Crippen LogP contribution in [0.1, 0.15) is 18.5 Å². The first-order valence-electron chi connectivity index (χ1n) is 7.29. The Kier molecular flexibility index (Phi) is 6.52. The summed E-state index contributed by atoms with van der Waals surface area (Å²) >= 11 is 7.46. The van der Waals surface area contributed by atoms with Gasteiger partial charge in [-0.3, -0.25) is 4.79 Å². The summed E-state index contributed by atoms with van der Waals surface area (Å²) in [6, 6.07) is 13.8. The molecule has 0 bridgehead atoms. The van der Waals surface area contributed by atoms with Crippen LogP contribution >= 0.6 is 23.4 Å². The maximum Gasteiger partial charge on any atom is 0.316 e. The Bertz CT molecular complexity index is 722. The van der Waals surface area contributed by atoms with Crippen molar-refractivity contribution in [3.63, 3.8) is 0 Å². The van der Waals surface area contributed by atoms with Gasteiger partial charge >= 0.3 is 6.03 Å². The van der Waals surface area contributed by atoms with Gasteiger partial charge in [-0.25, -0.2) is 4.79 Å². The van der Waals surface area contributed by atoms with Gasteiger partial charge in [0.15, 0.2) is 0 Å². The van der Waals surface area contributed by atoms with Crippen LogP contribution in [0.3, 0.4) is 0 Å². The fourth-order valence-corrected chi connectivity index (χ4v) is 3.12. The zero-order chi connectivity index (χ0) is 17.5. The van der Waals surface area contributed by atoms with E-state index in [1.54, 1.807) is 18.2 Å². The third-order valence-electron chi connectivity index (χ3n) is 3.25. The zero-order valence-electron chi connectivity index (χ0n) is 13.1. The van der Waals surface area contributed by atoms with E-state index in [1.807, 2.05) is 37.3 Å². The molecule has 2 rings (SSSR count). The minimum Gasteiger partial charge on any atom is -0.351 e. The average molecular weight is 364 g/mol. The molecule has 0 aromatic heterocycles. The molecule has 0 aliphatic rings. The van der Waals surface area contributed by atoms with Gasteiger partial charge in [-0.2, -0.15) is 0 Å². The largest absolute Gasteiger partial charge is 0.351 e. The maximum atomic E-state index is 12.1. The number of urea groups is 1. The second-order valence-electron chi connectivity index (χ2n) is 5.12. The van der Waals surface area contributed by atoms with Gasteiger partial charge < -0.3 is 16.4 Å². The Morgan fingerprint density at radius 3 is 2.46 bits per heavy atom. The Morgan fingerprint density at radius 2 is 1.83 bits per heavy atom. The van der Waals surface area contributed by atoms with Crippen LogP contribution in [-0.4, -0.2) is 17.7 Å². The van der Waals surface area contributed by atoms with E-state index in [9.17, 15) is 9.59 Å². The van der Waals surface area contributed by atoms with Crippen molar-refractivity contribution in [2.24, 2.45) is 5.73 Å². The van der Waals surface area contributed by atoms with Crippen molar-refractivity contribution >= 4 is 41.0 Å². The lowest BCUT2D eigenvalue weighted by atomic mass is 10.1. The number of nitrogens with two attached hydrogens (primary N) is 1. The molecule has 0 saturated heterocycles. The Balaban J connectivity index is 1.87. The molecule has 0 aliphatic heterocycles. The van der Waals surface area contributed by atoms with Gasteiger partial charge in [0, 0.05) is 10.6 Å². The number of rotatable bonds is 6. The van der Waals surface area contributed by atoms with Gasteiger partial charge in [-0.15, -0.1) is 11.8 Å². The van der Waals surface area contributed by atoms with Gasteiger partial charge in [-0.05, 0) is 36.8 Å². The molecule has 1 atom stereocenters. The highest BCUT2D eigenvalue weighted by molar-refractivity contribution is 8.00. The third-order valence-corrected chi connectivity index (χ3v) is 4.77. The van der Waals surface area contributed by atoms with Crippen molar-refractivity contribution < 1.29 is 9.59 Å². The predicted octanol–water partition coefficient (Wildman–Crippen LogP) is 3.80.